The maximum absolute atomic E-state index is 13.1. The van der Waals surface area contributed by atoms with Crippen molar-refractivity contribution in [3.05, 3.63) is 66.5 Å². The third-order valence-electron chi connectivity index (χ3n) is 6.15. The van der Waals surface area contributed by atoms with Gasteiger partial charge in [0.05, 0.1) is 16.6 Å². The van der Waals surface area contributed by atoms with E-state index in [-0.39, 0.29) is 27.9 Å². The first-order valence-corrected chi connectivity index (χ1v) is 13.0. The van der Waals surface area contributed by atoms with E-state index in [1.54, 1.807) is 42.7 Å². The highest BCUT2D eigenvalue weighted by atomic mass is 32.2. The average Bonchev–Trinajstić information content (AvgIpc) is 3.41. The van der Waals surface area contributed by atoms with E-state index in [4.69, 9.17) is 4.74 Å². The van der Waals surface area contributed by atoms with E-state index in [0.717, 1.165) is 18.5 Å². The number of aromatic amines is 1. The van der Waals surface area contributed by atoms with Gasteiger partial charge in [-0.15, -0.1) is 0 Å². The minimum Gasteiger partial charge on any atom is -0.421 e. The van der Waals surface area contributed by atoms with Crippen molar-refractivity contribution in [2.75, 3.05) is 11.4 Å². The molecule has 0 radical (unpaired) electrons. The molecule has 10 nitrogen and oxygen atoms in total. The monoisotopic (exact) mass is 506 g/mol. The molecule has 186 valence electrons. The van der Waals surface area contributed by atoms with Crippen molar-refractivity contribution in [2.45, 2.75) is 37.8 Å². The standard InChI is InChI=1S/C25H26N6O4S/c1-16-14-25(2,3)31(15-16)23-17(6-5-12-27-23)24(32)30-36(33,34)22-8-4-7-20(29-22)35-21-10-9-18-19(28-21)11-13-26-18/h4-13,16,26H,14-15H2,1-3H3,(H,30,32). The molecule has 0 bridgehead atoms. The lowest BCUT2D eigenvalue weighted by molar-refractivity contribution is 0.0981. The van der Waals surface area contributed by atoms with Gasteiger partial charge in [0.25, 0.3) is 15.9 Å². The molecule has 1 saturated heterocycles. The van der Waals surface area contributed by atoms with Crippen molar-refractivity contribution < 1.29 is 17.9 Å². The third kappa shape index (κ3) is 4.61. The molecule has 0 aliphatic carbocycles. The van der Waals surface area contributed by atoms with Crippen LogP contribution < -0.4 is 14.4 Å². The Morgan fingerprint density at radius 3 is 2.69 bits per heavy atom. The van der Waals surface area contributed by atoms with Gasteiger partial charge in [0.1, 0.15) is 5.82 Å². The molecule has 1 aliphatic rings. The molecular weight excluding hydrogens is 480 g/mol. The first-order chi connectivity index (χ1) is 17.1. The molecule has 5 heterocycles. The summed E-state index contributed by atoms with van der Waals surface area (Å²) >= 11 is 0. The van der Waals surface area contributed by atoms with E-state index >= 15 is 0 Å². The van der Waals surface area contributed by atoms with Gasteiger partial charge in [-0.3, -0.25) is 4.79 Å². The maximum Gasteiger partial charge on any atom is 0.281 e. The van der Waals surface area contributed by atoms with Crippen LogP contribution in [0.2, 0.25) is 0 Å². The van der Waals surface area contributed by atoms with Gasteiger partial charge in [-0.25, -0.2) is 14.7 Å². The number of rotatable bonds is 6. The van der Waals surface area contributed by atoms with Gasteiger partial charge in [0.15, 0.2) is 5.03 Å². The zero-order chi connectivity index (χ0) is 25.5. The second-order valence-electron chi connectivity index (χ2n) is 9.52. The van der Waals surface area contributed by atoms with Crippen molar-refractivity contribution in [1.82, 2.24) is 24.7 Å². The van der Waals surface area contributed by atoms with Crippen molar-refractivity contribution in [3.8, 4) is 11.8 Å². The second-order valence-corrected chi connectivity index (χ2v) is 11.1. The average molecular weight is 507 g/mol. The lowest BCUT2D eigenvalue weighted by Gasteiger charge is -2.33. The number of nitrogens with zero attached hydrogens (tertiary/aromatic N) is 4. The Balaban J connectivity index is 1.38. The van der Waals surface area contributed by atoms with Crippen molar-refractivity contribution in [3.63, 3.8) is 0 Å². The zero-order valence-electron chi connectivity index (χ0n) is 20.1. The minimum atomic E-state index is -4.29. The summed E-state index contributed by atoms with van der Waals surface area (Å²) in [6, 6.07) is 12.7. The molecular formula is C25H26N6O4S. The van der Waals surface area contributed by atoms with Gasteiger partial charge < -0.3 is 14.6 Å². The summed E-state index contributed by atoms with van der Waals surface area (Å²) in [5, 5.41) is -0.350. The number of fused-ring (bicyclic) bond motifs is 1. The molecule has 0 aromatic carbocycles. The highest BCUT2D eigenvalue weighted by Gasteiger charge is 2.39. The summed E-state index contributed by atoms with van der Waals surface area (Å²) in [7, 11) is -4.29. The lowest BCUT2D eigenvalue weighted by Crippen LogP contribution is -2.41. The van der Waals surface area contributed by atoms with Crippen molar-refractivity contribution in [2.24, 2.45) is 5.92 Å². The Hall–Kier alpha value is -3.99. The molecule has 1 amide bonds. The fourth-order valence-corrected chi connectivity index (χ4v) is 5.59. The summed E-state index contributed by atoms with van der Waals surface area (Å²) in [5.41, 5.74) is 1.51. The normalized spacial score (nSPS) is 17.3. The topological polar surface area (TPSA) is 130 Å². The minimum absolute atomic E-state index is 0.0302. The molecule has 11 heteroatoms. The highest BCUT2D eigenvalue weighted by Crippen LogP contribution is 2.37. The van der Waals surface area contributed by atoms with Crippen LogP contribution in [0.3, 0.4) is 0 Å². The van der Waals surface area contributed by atoms with E-state index in [0.29, 0.717) is 17.3 Å². The molecule has 2 N–H and O–H groups in total. The Labute approximate surface area is 208 Å². The summed E-state index contributed by atoms with van der Waals surface area (Å²) < 4.78 is 33.9. The first kappa shape index (κ1) is 23.7. The number of pyridine rings is 3. The molecule has 1 atom stereocenters. The van der Waals surface area contributed by atoms with Gasteiger partial charge >= 0.3 is 0 Å². The van der Waals surface area contributed by atoms with Gasteiger partial charge in [-0.1, -0.05) is 13.0 Å². The number of hydrogen-bond acceptors (Lipinski definition) is 8. The van der Waals surface area contributed by atoms with Crippen molar-refractivity contribution in [1.29, 1.82) is 0 Å². The summed E-state index contributed by atoms with van der Waals surface area (Å²) in [6.45, 7) is 7.03. The number of H-pyrrole nitrogens is 1. The summed E-state index contributed by atoms with van der Waals surface area (Å²) in [4.78, 5) is 31.1. The Morgan fingerprint density at radius 1 is 1.11 bits per heavy atom. The number of sulfonamides is 1. The maximum atomic E-state index is 13.1. The van der Waals surface area contributed by atoms with Crippen LogP contribution in [-0.4, -0.2) is 46.3 Å². The molecule has 4 aromatic rings. The van der Waals surface area contributed by atoms with E-state index in [9.17, 15) is 13.2 Å². The predicted octanol–water partition coefficient (Wildman–Crippen LogP) is 3.89. The van der Waals surface area contributed by atoms with Crippen LogP contribution in [0.15, 0.2) is 66.0 Å². The Morgan fingerprint density at radius 2 is 1.92 bits per heavy atom. The summed E-state index contributed by atoms with van der Waals surface area (Å²) in [6.07, 6.45) is 4.29. The molecule has 0 saturated carbocycles. The van der Waals surface area contributed by atoms with Crippen LogP contribution in [0, 0.1) is 5.92 Å². The van der Waals surface area contributed by atoms with Crippen LogP contribution in [0.25, 0.3) is 11.0 Å². The summed E-state index contributed by atoms with van der Waals surface area (Å²) in [5.74, 6) is 0.385. The zero-order valence-corrected chi connectivity index (χ0v) is 20.9. The number of amides is 1. The fraction of sp³-hybridized carbons (Fsp3) is 0.280. The molecule has 1 aliphatic heterocycles. The van der Waals surface area contributed by atoms with Crippen LogP contribution in [0.4, 0.5) is 5.82 Å². The van der Waals surface area contributed by atoms with Gasteiger partial charge in [-0.2, -0.15) is 13.4 Å². The van der Waals surface area contributed by atoms with Gasteiger partial charge in [0, 0.05) is 36.6 Å². The Kier molecular flexibility index (Phi) is 5.87. The molecule has 4 aromatic heterocycles. The third-order valence-corrected chi connectivity index (χ3v) is 7.38. The number of nitrogens with one attached hydrogen (secondary N) is 2. The van der Waals surface area contributed by atoms with Crippen LogP contribution in [0.1, 0.15) is 37.6 Å². The SMILES string of the molecule is CC1CN(c2ncccc2C(=O)NS(=O)(=O)c2cccc(Oc3ccc4[nH]ccc4n3)n2)C(C)(C)C1. The van der Waals surface area contributed by atoms with Crippen LogP contribution >= 0.6 is 0 Å². The number of carbonyl (C=O) groups excluding carboxylic acids is 1. The van der Waals surface area contributed by atoms with Crippen LogP contribution in [0.5, 0.6) is 11.8 Å². The largest absolute Gasteiger partial charge is 0.421 e. The van der Waals surface area contributed by atoms with E-state index in [1.807, 2.05) is 0 Å². The first-order valence-electron chi connectivity index (χ1n) is 11.5. The molecule has 36 heavy (non-hydrogen) atoms. The van der Waals surface area contributed by atoms with Gasteiger partial charge in [-0.05, 0) is 56.5 Å². The molecule has 5 rings (SSSR count). The van der Waals surface area contributed by atoms with Crippen molar-refractivity contribution >= 4 is 32.8 Å². The quantitative estimate of drug-likeness (QED) is 0.403. The molecule has 1 fully saturated rings. The molecule has 1 unspecified atom stereocenters. The number of hydrogen-bond donors (Lipinski definition) is 2. The van der Waals surface area contributed by atoms with E-state index in [2.05, 4.69) is 50.3 Å². The molecule has 0 spiro atoms. The number of carbonyl (C=O) groups is 1. The highest BCUT2D eigenvalue weighted by molar-refractivity contribution is 7.90. The number of aromatic nitrogens is 4. The lowest BCUT2D eigenvalue weighted by atomic mass is 9.97. The number of ether oxygens (including phenoxy) is 1. The number of anilines is 1. The second kappa shape index (κ2) is 8.90. The smallest absolute Gasteiger partial charge is 0.281 e. The fourth-order valence-electron chi connectivity index (χ4n) is 4.66. The van der Waals surface area contributed by atoms with E-state index in [1.165, 1.54) is 18.2 Å². The van der Waals surface area contributed by atoms with E-state index < -0.39 is 15.9 Å². The predicted molar refractivity (Wildman–Crippen MR) is 134 cm³/mol. The Bertz CT molecular complexity index is 1550. The van der Waals surface area contributed by atoms with Crippen LogP contribution in [-0.2, 0) is 10.0 Å². The van der Waals surface area contributed by atoms with Gasteiger partial charge in [0.2, 0.25) is 11.8 Å².